The standard InChI is InChI=1S/C17H27NO/c1-2-12-18-14-17(10-6-7-11-17)15-19-13-16-8-4-3-5-9-16/h3-5,8-9,18H,2,6-7,10-15H2,1H3. The van der Waals surface area contributed by atoms with E-state index in [4.69, 9.17) is 4.74 Å². The molecule has 1 saturated carbocycles. The largest absolute Gasteiger partial charge is 0.376 e. The summed E-state index contributed by atoms with van der Waals surface area (Å²) >= 11 is 0. The van der Waals surface area contributed by atoms with E-state index >= 15 is 0 Å². The lowest BCUT2D eigenvalue weighted by molar-refractivity contribution is 0.0361. The van der Waals surface area contributed by atoms with E-state index in [0.717, 1.165) is 26.3 Å². The van der Waals surface area contributed by atoms with E-state index in [2.05, 4.69) is 42.6 Å². The van der Waals surface area contributed by atoms with Gasteiger partial charge in [0.25, 0.3) is 0 Å². The average molecular weight is 261 g/mol. The molecule has 106 valence electrons. The Labute approximate surface area is 117 Å². The predicted molar refractivity (Wildman–Crippen MR) is 80.2 cm³/mol. The summed E-state index contributed by atoms with van der Waals surface area (Å²) in [5.41, 5.74) is 1.67. The summed E-state index contributed by atoms with van der Waals surface area (Å²) in [5.74, 6) is 0. The lowest BCUT2D eigenvalue weighted by Crippen LogP contribution is -2.36. The topological polar surface area (TPSA) is 21.3 Å². The SMILES string of the molecule is CCCNCC1(COCc2ccccc2)CCCC1. The van der Waals surface area contributed by atoms with Crippen LogP contribution in [0.4, 0.5) is 0 Å². The fraction of sp³-hybridized carbons (Fsp3) is 0.647. The summed E-state index contributed by atoms with van der Waals surface area (Å²) < 4.78 is 6.00. The number of nitrogens with one attached hydrogen (secondary N) is 1. The number of hydrogen-bond donors (Lipinski definition) is 1. The zero-order chi connectivity index (χ0) is 13.4. The maximum atomic E-state index is 6.00. The Balaban J connectivity index is 1.77. The summed E-state index contributed by atoms with van der Waals surface area (Å²) in [6.07, 6.45) is 6.57. The average Bonchev–Trinajstić information content (AvgIpc) is 2.89. The molecule has 1 fully saturated rings. The molecular formula is C17H27NO. The van der Waals surface area contributed by atoms with Crippen LogP contribution in [0.3, 0.4) is 0 Å². The molecule has 0 radical (unpaired) electrons. The van der Waals surface area contributed by atoms with Gasteiger partial charge in [0.05, 0.1) is 13.2 Å². The van der Waals surface area contributed by atoms with Crippen LogP contribution < -0.4 is 5.32 Å². The van der Waals surface area contributed by atoms with Crippen molar-refractivity contribution >= 4 is 0 Å². The van der Waals surface area contributed by atoms with Crippen LogP contribution in [0, 0.1) is 5.41 Å². The molecule has 0 spiro atoms. The van der Waals surface area contributed by atoms with Crippen molar-refractivity contribution in [2.75, 3.05) is 19.7 Å². The second kappa shape index (κ2) is 7.66. The molecule has 2 rings (SSSR count). The van der Waals surface area contributed by atoms with Gasteiger partial charge in [0, 0.05) is 12.0 Å². The van der Waals surface area contributed by atoms with E-state index in [-0.39, 0.29) is 0 Å². The summed E-state index contributed by atoms with van der Waals surface area (Å²) in [7, 11) is 0. The van der Waals surface area contributed by atoms with Crippen LogP contribution in [0.15, 0.2) is 30.3 Å². The van der Waals surface area contributed by atoms with Gasteiger partial charge in [0.15, 0.2) is 0 Å². The molecule has 1 N–H and O–H groups in total. The van der Waals surface area contributed by atoms with Gasteiger partial charge in [0.1, 0.15) is 0 Å². The summed E-state index contributed by atoms with van der Waals surface area (Å²) in [6, 6.07) is 10.5. The highest BCUT2D eigenvalue weighted by atomic mass is 16.5. The van der Waals surface area contributed by atoms with Crippen LogP contribution in [0.5, 0.6) is 0 Å². The Morgan fingerprint density at radius 1 is 1.16 bits per heavy atom. The first-order valence-corrected chi connectivity index (χ1v) is 7.67. The second-order valence-electron chi connectivity index (χ2n) is 5.86. The molecule has 1 aliphatic rings. The molecule has 0 bridgehead atoms. The van der Waals surface area contributed by atoms with E-state index in [9.17, 15) is 0 Å². The maximum Gasteiger partial charge on any atom is 0.0717 e. The number of ether oxygens (including phenoxy) is 1. The summed E-state index contributed by atoms with van der Waals surface area (Å²) in [6.45, 7) is 6.12. The molecule has 0 amide bonds. The molecule has 0 unspecified atom stereocenters. The van der Waals surface area contributed by atoms with Crippen molar-refractivity contribution in [3.63, 3.8) is 0 Å². The molecule has 0 heterocycles. The Bertz CT molecular complexity index is 344. The Kier molecular flexibility index (Phi) is 5.87. The van der Waals surface area contributed by atoms with Gasteiger partial charge in [-0.2, -0.15) is 0 Å². The van der Waals surface area contributed by atoms with Crippen molar-refractivity contribution < 1.29 is 4.74 Å². The van der Waals surface area contributed by atoms with Gasteiger partial charge in [-0.15, -0.1) is 0 Å². The fourth-order valence-corrected chi connectivity index (χ4v) is 2.99. The van der Waals surface area contributed by atoms with Crippen LogP contribution >= 0.6 is 0 Å². The van der Waals surface area contributed by atoms with Gasteiger partial charge in [-0.05, 0) is 31.4 Å². The highest BCUT2D eigenvalue weighted by Crippen LogP contribution is 2.38. The number of rotatable bonds is 8. The van der Waals surface area contributed by atoms with Gasteiger partial charge < -0.3 is 10.1 Å². The van der Waals surface area contributed by atoms with Crippen LogP contribution in [-0.4, -0.2) is 19.7 Å². The van der Waals surface area contributed by atoms with Crippen molar-refractivity contribution in [1.29, 1.82) is 0 Å². The van der Waals surface area contributed by atoms with Gasteiger partial charge in [-0.1, -0.05) is 50.1 Å². The maximum absolute atomic E-state index is 6.00. The molecule has 0 aliphatic heterocycles. The molecule has 19 heavy (non-hydrogen) atoms. The van der Waals surface area contributed by atoms with Crippen LogP contribution in [0.25, 0.3) is 0 Å². The van der Waals surface area contributed by atoms with E-state index in [1.54, 1.807) is 0 Å². The molecule has 1 aromatic rings. The van der Waals surface area contributed by atoms with Gasteiger partial charge in [-0.3, -0.25) is 0 Å². The van der Waals surface area contributed by atoms with E-state index in [1.807, 2.05) is 0 Å². The minimum atomic E-state index is 0.393. The van der Waals surface area contributed by atoms with Crippen molar-refractivity contribution in [3.05, 3.63) is 35.9 Å². The minimum absolute atomic E-state index is 0.393. The molecule has 1 aliphatic carbocycles. The normalized spacial score (nSPS) is 17.7. The van der Waals surface area contributed by atoms with E-state index < -0.39 is 0 Å². The third-order valence-corrected chi connectivity index (χ3v) is 4.11. The Morgan fingerprint density at radius 2 is 1.89 bits per heavy atom. The monoisotopic (exact) mass is 261 g/mol. The molecule has 1 aromatic carbocycles. The second-order valence-corrected chi connectivity index (χ2v) is 5.86. The zero-order valence-electron chi connectivity index (χ0n) is 12.2. The highest BCUT2D eigenvalue weighted by molar-refractivity contribution is 5.13. The van der Waals surface area contributed by atoms with Gasteiger partial charge >= 0.3 is 0 Å². The van der Waals surface area contributed by atoms with Gasteiger partial charge in [0.2, 0.25) is 0 Å². The summed E-state index contributed by atoms with van der Waals surface area (Å²) in [5, 5.41) is 3.59. The zero-order valence-corrected chi connectivity index (χ0v) is 12.2. The lowest BCUT2D eigenvalue weighted by Gasteiger charge is -2.29. The molecule has 0 aromatic heterocycles. The van der Waals surface area contributed by atoms with Gasteiger partial charge in [-0.25, -0.2) is 0 Å². The van der Waals surface area contributed by atoms with Crippen LogP contribution in [-0.2, 0) is 11.3 Å². The minimum Gasteiger partial charge on any atom is -0.376 e. The van der Waals surface area contributed by atoms with Crippen LogP contribution in [0.2, 0.25) is 0 Å². The molecule has 2 nitrogen and oxygen atoms in total. The fourth-order valence-electron chi connectivity index (χ4n) is 2.99. The third-order valence-electron chi connectivity index (χ3n) is 4.11. The van der Waals surface area contributed by atoms with Crippen LogP contribution in [0.1, 0.15) is 44.6 Å². The first kappa shape index (κ1) is 14.5. The van der Waals surface area contributed by atoms with Crippen molar-refractivity contribution in [1.82, 2.24) is 5.32 Å². The Morgan fingerprint density at radius 3 is 2.58 bits per heavy atom. The first-order chi connectivity index (χ1) is 9.35. The van der Waals surface area contributed by atoms with E-state index in [0.29, 0.717) is 5.41 Å². The summed E-state index contributed by atoms with van der Waals surface area (Å²) in [4.78, 5) is 0. The lowest BCUT2D eigenvalue weighted by atomic mass is 9.87. The number of benzene rings is 1. The van der Waals surface area contributed by atoms with Crippen molar-refractivity contribution in [2.45, 2.75) is 45.6 Å². The molecular weight excluding hydrogens is 234 g/mol. The molecule has 2 heteroatoms. The smallest absolute Gasteiger partial charge is 0.0717 e. The predicted octanol–water partition coefficient (Wildman–Crippen LogP) is 3.76. The highest BCUT2D eigenvalue weighted by Gasteiger charge is 2.33. The number of hydrogen-bond acceptors (Lipinski definition) is 2. The molecule has 0 atom stereocenters. The first-order valence-electron chi connectivity index (χ1n) is 7.67. The Hall–Kier alpha value is -0.860. The van der Waals surface area contributed by atoms with Crippen molar-refractivity contribution in [2.24, 2.45) is 5.41 Å². The molecule has 0 saturated heterocycles. The van der Waals surface area contributed by atoms with Crippen molar-refractivity contribution in [3.8, 4) is 0 Å². The third kappa shape index (κ3) is 4.63. The van der Waals surface area contributed by atoms with E-state index in [1.165, 1.54) is 37.7 Å². The quantitative estimate of drug-likeness (QED) is 0.719.